The van der Waals surface area contributed by atoms with E-state index < -0.39 is 30.2 Å². The fraction of sp³-hybridized carbons (Fsp3) is 0.130. The minimum Gasteiger partial charge on any atom is -0.452 e. The van der Waals surface area contributed by atoms with Crippen molar-refractivity contribution in [1.29, 1.82) is 5.26 Å². The molecule has 182 valence electrons. The van der Waals surface area contributed by atoms with Gasteiger partial charge in [0.1, 0.15) is 17.2 Å². The summed E-state index contributed by atoms with van der Waals surface area (Å²) in [5.41, 5.74) is 0.0406. The molecule has 36 heavy (non-hydrogen) atoms. The second-order valence-electron chi connectivity index (χ2n) is 7.35. The lowest BCUT2D eigenvalue weighted by atomic mass is 10.2. The lowest BCUT2D eigenvalue weighted by Crippen LogP contribution is -2.23. The van der Waals surface area contributed by atoms with E-state index in [9.17, 15) is 28.0 Å². The Morgan fingerprint density at radius 2 is 1.78 bits per heavy atom. The van der Waals surface area contributed by atoms with Gasteiger partial charge in [-0.25, -0.2) is 19.1 Å². The van der Waals surface area contributed by atoms with Gasteiger partial charge >= 0.3 is 12.1 Å². The number of aromatic nitrogens is 5. The number of nitrogens with one attached hydrogen (secondary N) is 1. The van der Waals surface area contributed by atoms with E-state index in [4.69, 9.17) is 4.74 Å². The van der Waals surface area contributed by atoms with Crippen LogP contribution >= 0.6 is 0 Å². The molecular formula is C23H16F3N7O3. The number of pyridine rings is 1. The number of nitriles is 1. The maximum atomic E-state index is 12.8. The van der Waals surface area contributed by atoms with Crippen molar-refractivity contribution in [3.63, 3.8) is 0 Å². The van der Waals surface area contributed by atoms with Gasteiger partial charge in [-0.1, -0.05) is 18.2 Å². The molecule has 3 heterocycles. The zero-order valence-corrected chi connectivity index (χ0v) is 18.5. The fourth-order valence-corrected chi connectivity index (χ4v) is 3.21. The van der Waals surface area contributed by atoms with E-state index in [1.165, 1.54) is 22.5 Å². The standard InChI is InChI=1S/C23H16F3N7O3/c1-14-18(12-30-32(14)19-8-7-16(11-28-19)23(24,25)26)22(35)36-13-20(34)31-21-15(9-27)10-29-33(21)17-5-3-2-4-6-17/h2-8,10-12H,13H2,1H3,(H,31,34). The van der Waals surface area contributed by atoms with E-state index >= 15 is 0 Å². The third-order valence-electron chi connectivity index (χ3n) is 5.00. The minimum absolute atomic E-state index is 0.00320. The van der Waals surface area contributed by atoms with Crippen molar-refractivity contribution in [3.8, 4) is 17.6 Å². The molecule has 0 bridgehead atoms. The first kappa shape index (κ1) is 24.1. The molecule has 1 aromatic carbocycles. The van der Waals surface area contributed by atoms with Crippen molar-refractivity contribution in [2.24, 2.45) is 0 Å². The minimum atomic E-state index is -4.53. The molecule has 4 aromatic rings. The number of alkyl halides is 3. The number of carbonyl (C=O) groups is 2. The summed E-state index contributed by atoms with van der Waals surface area (Å²) in [5.74, 6) is -1.41. The van der Waals surface area contributed by atoms with Crippen LogP contribution in [0.1, 0.15) is 27.2 Å². The highest BCUT2D eigenvalue weighted by Crippen LogP contribution is 2.29. The highest BCUT2D eigenvalue weighted by atomic mass is 19.4. The van der Waals surface area contributed by atoms with Crippen LogP contribution < -0.4 is 5.32 Å². The lowest BCUT2D eigenvalue weighted by Gasteiger charge is -2.10. The third kappa shape index (κ3) is 4.92. The maximum absolute atomic E-state index is 12.8. The van der Waals surface area contributed by atoms with Crippen molar-refractivity contribution in [3.05, 3.63) is 83.4 Å². The van der Waals surface area contributed by atoms with E-state index in [0.717, 1.165) is 18.3 Å². The molecule has 0 atom stereocenters. The number of amides is 1. The molecule has 0 aliphatic heterocycles. The largest absolute Gasteiger partial charge is 0.452 e. The Labute approximate surface area is 201 Å². The van der Waals surface area contributed by atoms with Gasteiger partial charge < -0.3 is 10.1 Å². The van der Waals surface area contributed by atoms with E-state index in [2.05, 4.69) is 20.5 Å². The first-order valence-electron chi connectivity index (χ1n) is 10.3. The second-order valence-corrected chi connectivity index (χ2v) is 7.35. The van der Waals surface area contributed by atoms with E-state index in [0.29, 0.717) is 11.9 Å². The SMILES string of the molecule is Cc1c(C(=O)OCC(=O)Nc2c(C#N)cnn2-c2ccccc2)cnn1-c1ccc(C(F)(F)F)cn1. The Balaban J connectivity index is 1.44. The molecule has 13 heteroatoms. The molecule has 1 amide bonds. The summed E-state index contributed by atoms with van der Waals surface area (Å²) >= 11 is 0. The molecular weight excluding hydrogens is 479 g/mol. The summed E-state index contributed by atoms with van der Waals surface area (Å²) in [6.45, 7) is 0.827. The van der Waals surface area contributed by atoms with Crippen molar-refractivity contribution in [2.75, 3.05) is 11.9 Å². The van der Waals surface area contributed by atoms with Crippen molar-refractivity contribution in [1.82, 2.24) is 24.5 Å². The van der Waals surface area contributed by atoms with Gasteiger partial charge in [0, 0.05) is 6.20 Å². The van der Waals surface area contributed by atoms with Gasteiger partial charge in [0.05, 0.1) is 29.3 Å². The van der Waals surface area contributed by atoms with Crippen molar-refractivity contribution >= 4 is 17.7 Å². The van der Waals surface area contributed by atoms with Crippen LogP contribution in [0, 0.1) is 18.3 Å². The molecule has 3 aromatic heterocycles. The summed E-state index contributed by atoms with van der Waals surface area (Å²) < 4.78 is 45.9. The summed E-state index contributed by atoms with van der Waals surface area (Å²) in [4.78, 5) is 28.7. The molecule has 4 rings (SSSR count). The van der Waals surface area contributed by atoms with Crippen LogP contribution in [0.3, 0.4) is 0 Å². The molecule has 0 saturated carbocycles. The number of para-hydroxylation sites is 1. The Kier molecular flexibility index (Phi) is 6.51. The first-order chi connectivity index (χ1) is 17.2. The molecule has 0 saturated heterocycles. The number of nitrogens with zero attached hydrogens (tertiary/aromatic N) is 6. The molecule has 0 aliphatic rings. The zero-order valence-electron chi connectivity index (χ0n) is 18.5. The van der Waals surface area contributed by atoms with Crippen LogP contribution in [-0.4, -0.2) is 43.0 Å². The maximum Gasteiger partial charge on any atom is 0.417 e. The Hall–Kier alpha value is -4.99. The van der Waals surface area contributed by atoms with Crippen LogP contribution in [-0.2, 0) is 15.7 Å². The van der Waals surface area contributed by atoms with Crippen LogP contribution in [0.2, 0.25) is 0 Å². The molecule has 0 aliphatic carbocycles. The molecule has 1 N–H and O–H groups in total. The lowest BCUT2D eigenvalue weighted by molar-refractivity contribution is -0.137. The highest BCUT2D eigenvalue weighted by Gasteiger charge is 2.31. The van der Waals surface area contributed by atoms with Crippen LogP contribution in [0.15, 0.2) is 61.1 Å². The highest BCUT2D eigenvalue weighted by molar-refractivity contribution is 5.96. The fourth-order valence-electron chi connectivity index (χ4n) is 3.21. The summed E-state index contributed by atoms with van der Waals surface area (Å²) in [6.07, 6.45) is -1.42. The van der Waals surface area contributed by atoms with Gasteiger partial charge in [0.15, 0.2) is 18.2 Å². The smallest absolute Gasteiger partial charge is 0.417 e. The second kappa shape index (κ2) is 9.71. The van der Waals surface area contributed by atoms with Crippen molar-refractivity contribution in [2.45, 2.75) is 13.1 Å². The number of anilines is 1. The zero-order chi connectivity index (χ0) is 25.9. The Bertz CT molecular complexity index is 1450. The molecule has 0 spiro atoms. The predicted molar refractivity (Wildman–Crippen MR) is 118 cm³/mol. The van der Waals surface area contributed by atoms with E-state index in [1.807, 2.05) is 6.07 Å². The summed E-state index contributed by atoms with van der Waals surface area (Å²) in [5, 5.41) is 19.9. The quantitative estimate of drug-likeness (QED) is 0.406. The number of carbonyl (C=O) groups excluding carboxylic acids is 2. The summed E-state index contributed by atoms with van der Waals surface area (Å²) in [7, 11) is 0. The van der Waals surface area contributed by atoms with Gasteiger partial charge in [-0.05, 0) is 31.2 Å². The molecule has 0 fully saturated rings. The van der Waals surface area contributed by atoms with Crippen LogP contribution in [0.4, 0.5) is 19.0 Å². The number of esters is 1. The Morgan fingerprint density at radius 3 is 2.42 bits per heavy atom. The van der Waals surface area contributed by atoms with Gasteiger partial charge in [0.25, 0.3) is 5.91 Å². The van der Waals surface area contributed by atoms with Gasteiger partial charge in [-0.2, -0.15) is 28.6 Å². The monoisotopic (exact) mass is 495 g/mol. The Morgan fingerprint density at radius 1 is 1.06 bits per heavy atom. The van der Waals surface area contributed by atoms with Crippen LogP contribution in [0.5, 0.6) is 0 Å². The van der Waals surface area contributed by atoms with E-state index in [-0.39, 0.29) is 28.5 Å². The number of halogens is 3. The third-order valence-corrected chi connectivity index (χ3v) is 5.00. The predicted octanol–water partition coefficient (Wildman–Crippen LogP) is 3.45. The van der Waals surface area contributed by atoms with E-state index in [1.54, 1.807) is 30.3 Å². The first-order valence-corrected chi connectivity index (χ1v) is 10.3. The molecule has 0 radical (unpaired) electrons. The summed E-state index contributed by atoms with van der Waals surface area (Å²) in [6, 6.07) is 12.7. The molecule has 0 unspecified atom stereocenters. The van der Waals surface area contributed by atoms with Crippen molar-refractivity contribution < 1.29 is 27.5 Å². The average molecular weight is 495 g/mol. The molecule has 10 nitrogen and oxygen atoms in total. The van der Waals surface area contributed by atoms with Crippen LogP contribution in [0.25, 0.3) is 11.5 Å². The number of benzene rings is 1. The normalized spacial score (nSPS) is 11.1. The number of ether oxygens (including phenoxy) is 1. The average Bonchev–Trinajstić information content (AvgIpc) is 3.45. The topological polar surface area (TPSA) is 128 Å². The number of rotatable bonds is 6. The van der Waals surface area contributed by atoms with Gasteiger partial charge in [-0.15, -0.1) is 0 Å². The van der Waals surface area contributed by atoms with Gasteiger partial charge in [0.2, 0.25) is 0 Å². The number of hydrogen-bond acceptors (Lipinski definition) is 7. The number of hydrogen-bond donors (Lipinski definition) is 1. The van der Waals surface area contributed by atoms with Gasteiger partial charge in [-0.3, -0.25) is 4.79 Å².